The molecule has 118 valence electrons. The molecule has 5 heteroatoms. The summed E-state index contributed by atoms with van der Waals surface area (Å²) in [5, 5.41) is 3.27. The summed E-state index contributed by atoms with van der Waals surface area (Å²) in [6, 6.07) is 0.351. The molecule has 0 bridgehead atoms. The Morgan fingerprint density at radius 2 is 1.95 bits per heavy atom. The van der Waals surface area contributed by atoms with Gasteiger partial charge < -0.3 is 15.8 Å². The fourth-order valence-corrected chi connectivity index (χ4v) is 3.26. The Bertz CT molecular complexity index is 306. The first-order chi connectivity index (χ1) is 9.16. The molecule has 1 saturated carbocycles. The Hall–Kier alpha value is -0.320. The highest BCUT2D eigenvalue weighted by atomic mass is 35.5. The smallest absolute Gasteiger partial charge is 0.227 e. The molecule has 3 N–H and O–H groups in total. The van der Waals surface area contributed by atoms with E-state index >= 15 is 0 Å². The molecule has 2 rings (SSSR count). The van der Waals surface area contributed by atoms with E-state index in [1.807, 2.05) is 0 Å². The maximum absolute atomic E-state index is 12.6. The van der Waals surface area contributed by atoms with Crippen molar-refractivity contribution >= 4 is 18.3 Å². The zero-order valence-corrected chi connectivity index (χ0v) is 13.3. The van der Waals surface area contributed by atoms with E-state index in [9.17, 15) is 4.79 Å². The molecule has 0 spiro atoms. The van der Waals surface area contributed by atoms with Gasteiger partial charge in [-0.25, -0.2) is 0 Å². The van der Waals surface area contributed by atoms with Crippen LogP contribution >= 0.6 is 12.4 Å². The van der Waals surface area contributed by atoms with E-state index in [0.717, 1.165) is 31.6 Å². The van der Waals surface area contributed by atoms with Crippen molar-refractivity contribution in [1.29, 1.82) is 0 Å². The summed E-state index contributed by atoms with van der Waals surface area (Å²) in [4.78, 5) is 12.6. The molecule has 2 unspecified atom stereocenters. The molecule has 2 atom stereocenters. The molecule has 0 radical (unpaired) electrons. The number of halogens is 1. The maximum Gasteiger partial charge on any atom is 0.227 e. The van der Waals surface area contributed by atoms with E-state index in [1.165, 1.54) is 19.3 Å². The predicted octanol–water partition coefficient (Wildman–Crippen LogP) is 2.25. The van der Waals surface area contributed by atoms with Crippen LogP contribution in [0.25, 0.3) is 0 Å². The Morgan fingerprint density at radius 1 is 1.25 bits per heavy atom. The SMILES string of the molecule is CC1CCCC(NC(=O)C2(CN)CCOCC2)CC1.Cl. The van der Waals surface area contributed by atoms with Gasteiger partial charge in [0.1, 0.15) is 0 Å². The van der Waals surface area contributed by atoms with Gasteiger partial charge in [-0.15, -0.1) is 12.4 Å². The third-order valence-corrected chi connectivity index (χ3v) is 4.91. The minimum absolute atomic E-state index is 0. The lowest BCUT2D eigenvalue weighted by Crippen LogP contribution is -2.51. The summed E-state index contributed by atoms with van der Waals surface area (Å²) in [6.45, 7) is 4.06. The van der Waals surface area contributed by atoms with Crippen LogP contribution in [-0.4, -0.2) is 31.7 Å². The lowest BCUT2D eigenvalue weighted by atomic mass is 9.79. The summed E-state index contributed by atoms with van der Waals surface area (Å²) in [5.41, 5.74) is 5.50. The summed E-state index contributed by atoms with van der Waals surface area (Å²) in [6.07, 6.45) is 7.50. The highest BCUT2D eigenvalue weighted by Gasteiger charge is 2.39. The highest BCUT2D eigenvalue weighted by Crippen LogP contribution is 2.30. The zero-order valence-electron chi connectivity index (χ0n) is 12.5. The second-order valence-corrected chi connectivity index (χ2v) is 6.38. The summed E-state index contributed by atoms with van der Waals surface area (Å²) in [5.74, 6) is 0.964. The second kappa shape index (κ2) is 8.20. The van der Waals surface area contributed by atoms with Gasteiger partial charge in [-0.05, 0) is 38.0 Å². The minimum atomic E-state index is -0.379. The molecule has 1 heterocycles. The number of hydrogen-bond acceptors (Lipinski definition) is 3. The minimum Gasteiger partial charge on any atom is -0.381 e. The van der Waals surface area contributed by atoms with Crippen LogP contribution < -0.4 is 11.1 Å². The van der Waals surface area contributed by atoms with Gasteiger partial charge in [-0.3, -0.25) is 4.79 Å². The van der Waals surface area contributed by atoms with Crippen molar-refractivity contribution in [3.05, 3.63) is 0 Å². The molecule has 0 aromatic carbocycles. The van der Waals surface area contributed by atoms with Crippen LogP contribution in [0.2, 0.25) is 0 Å². The van der Waals surface area contributed by atoms with Gasteiger partial charge >= 0.3 is 0 Å². The molecule has 1 aliphatic heterocycles. The van der Waals surface area contributed by atoms with Crippen LogP contribution in [0.4, 0.5) is 0 Å². The molecule has 2 fully saturated rings. The fourth-order valence-electron chi connectivity index (χ4n) is 3.26. The van der Waals surface area contributed by atoms with Crippen molar-refractivity contribution in [2.24, 2.45) is 17.1 Å². The average molecular weight is 305 g/mol. The van der Waals surface area contributed by atoms with Crippen LogP contribution in [0, 0.1) is 11.3 Å². The third kappa shape index (κ3) is 4.34. The summed E-state index contributed by atoms with van der Waals surface area (Å²) >= 11 is 0. The molecular weight excluding hydrogens is 276 g/mol. The van der Waals surface area contributed by atoms with E-state index < -0.39 is 0 Å². The van der Waals surface area contributed by atoms with E-state index in [4.69, 9.17) is 10.5 Å². The number of carbonyl (C=O) groups excluding carboxylic acids is 1. The molecule has 1 aliphatic carbocycles. The van der Waals surface area contributed by atoms with Crippen LogP contribution in [0.1, 0.15) is 51.9 Å². The standard InChI is InChI=1S/C15H28N2O2.ClH/c1-12-3-2-4-13(6-5-12)17-14(18)15(11-16)7-9-19-10-8-15;/h12-13H,2-11,16H2,1H3,(H,17,18);1H. The van der Waals surface area contributed by atoms with E-state index in [-0.39, 0.29) is 23.7 Å². The van der Waals surface area contributed by atoms with E-state index in [2.05, 4.69) is 12.2 Å². The fraction of sp³-hybridized carbons (Fsp3) is 0.933. The molecule has 2 aliphatic rings. The van der Waals surface area contributed by atoms with Crippen LogP contribution in [-0.2, 0) is 9.53 Å². The van der Waals surface area contributed by atoms with Crippen molar-refractivity contribution in [3.63, 3.8) is 0 Å². The van der Waals surface area contributed by atoms with Crippen molar-refractivity contribution in [3.8, 4) is 0 Å². The monoisotopic (exact) mass is 304 g/mol. The number of hydrogen-bond donors (Lipinski definition) is 2. The van der Waals surface area contributed by atoms with Crippen molar-refractivity contribution < 1.29 is 9.53 Å². The highest BCUT2D eigenvalue weighted by molar-refractivity contribution is 5.85. The van der Waals surface area contributed by atoms with Gasteiger partial charge in [0.05, 0.1) is 5.41 Å². The van der Waals surface area contributed by atoms with Gasteiger partial charge in [0.15, 0.2) is 0 Å². The number of ether oxygens (including phenoxy) is 1. The second-order valence-electron chi connectivity index (χ2n) is 6.38. The predicted molar refractivity (Wildman–Crippen MR) is 83.0 cm³/mol. The van der Waals surface area contributed by atoms with E-state index in [0.29, 0.717) is 25.8 Å². The van der Waals surface area contributed by atoms with Gasteiger partial charge in [0, 0.05) is 25.8 Å². The summed E-state index contributed by atoms with van der Waals surface area (Å²) in [7, 11) is 0. The first-order valence-electron chi connectivity index (χ1n) is 7.75. The number of amides is 1. The Kier molecular flexibility index (Phi) is 7.27. The zero-order chi connectivity index (χ0) is 13.7. The normalized spacial score (nSPS) is 29.9. The Balaban J connectivity index is 0.00000200. The van der Waals surface area contributed by atoms with Crippen molar-refractivity contribution in [2.75, 3.05) is 19.8 Å². The maximum atomic E-state index is 12.6. The molecule has 20 heavy (non-hydrogen) atoms. The molecule has 0 aromatic heterocycles. The molecule has 1 saturated heterocycles. The Morgan fingerprint density at radius 3 is 2.60 bits per heavy atom. The first-order valence-corrected chi connectivity index (χ1v) is 7.75. The van der Waals surface area contributed by atoms with Crippen LogP contribution in [0.5, 0.6) is 0 Å². The number of rotatable bonds is 3. The van der Waals surface area contributed by atoms with Crippen LogP contribution in [0.3, 0.4) is 0 Å². The molecule has 4 nitrogen and oxygen atoms in total. The van der Waals surface area contributed by atoms with Gasteiger partial charge in [-0.1, -0.05) is 19.8 Å². The van der Waals surface area contributed by atoms with Gasteiger partial charge in [-0.2, -0.15) is 0 Å². The quantitative estimate of drug-likeness (QED) is 0.786. The van der Waals surface area contributed by atoms with Crippen molar-refractivity contribution in [2.45, 2.75) is 57.9 Å². The molecular formula is C15H29ClN2O2. The largest absolute Gasteiger partial charge is 0.381 e. The number of carbonyl (C=O) groups is 1. The lowest BCUT2D eigenvalue weighted by Gasteiger charge is -2.35. The van der Waals surface area contributed by atoms with Gasteiger partial charge in [0.2, 0.25) is 5.91 Å². The van der Waals surface area contributed by atoms with E-state index in [1.54, 1.807) is 0 Å². The van der Waals surface area contributed by atoms with Gasteiger partial charge in [0.25, 0.3) is 0 Å². The van der Waals surface area contributed by atoms with Crippen molar-refractivity contribution in [1.82, 2.24) is 5.32 Å². The first kappa shape index (κ1) is 17.7. The van der Waals surface area contributed by atoms with Crippen LogP contribution in [0.15, 0.2) is 0 Å². The topological polar surface area (TPSA) is 64.4 Å². The molecule has 1 amide bonds. The number of nitrogens with one attached hydrogen (secondary N) is 1. The summed E-state index contributed by atoms with van der Waals surface area (Å²) < 4.78 is 5.37. The Labute approximate surface area is 128 Å². The molecule has 0 aromatic rings. The average Bonchev–Trinajstić information content (AvgIpc) is 2.64. The third-order valence-electron chi connectivity index (χ3n) is 4.91. The lowest BCUT2D eigenvalue weighted by molar-refractivity contribution is -0.136. The number of nitrogens with two attached hydrogens (primary N) is 1.